The van der Waals surface area contributed by atoms with Gasteiger partial charge in [0.2, 0.25) is 0 Å². The number of nitrogens with zero attached hydrogens (tertiary/aromatic N) is 3. The normalized spacial score (nSPS) is 9.86. The smallest absolute Gasteiger partial charge is 0.344 e. The summed E-state index contributed by atoms with van der Waals surface area (Å²) in [4.78, 5) is 33.9. The van der Waals surface area contributed by atoms with Gasteiger partial charge in [0.25, 0.3) is 0 Å². The standard InChI is InChI=1S/C14H12N4O4/c1-8-6-9(2-4-15-8)12-16-5-3-11(18-12)17-7-10(13(19)20)14(21)22/h2-7H,1H3,(H,19,20)(H,21,22)(H,16,17,18). The SMILES string of the molecule is Cc1cc(-c2nccc(NC=C(C(=O)O)C(=O)O)n2)ccn1. The number of anilines is 1. The van der Waals surface area contributed by atoms with E-state index in [-0.39, 0.29) is 5.82 Å². The van der Waals surface area contributed by atoms with Crippen molar-refractivity contribution in [2.24, 2.45) is 0 Å². The summed E-state index contributed by atoms with van der Waals surface area (Å²) in [6.45, 7) is 1.83. The molecule has 0 unspecified atom stereocenters. The minimum Gasteiger partial charge on any atom is -0.477 e. The Morgan fingerprint density at radius 1 is 1.14 bits per heavy atom. The highest BCUT2D eigenvalue weighted by Gasteiger charge is 2.15. The van der Waals surface area contributed by atoms with Crippen molar-refractivity contribution in [2.45, 2.75) is 6.92 Å². The number of rotatable bonds is 5. The maximum Gasteiger partial charge on any atom is 0.344 e. The van der Waals surface area contributed by atoms with Crippen LogP contribution in [0.2, 0.25) is 0 Å². The highest BCUT2D eigenvalue weighted by Crippen LogP contribution is 2.16. The van der Waals surface area contributed by atoms with Crippen molar-refractivity contribution in [3.8, 4) is 11.4 Å². The second kappa shape index (κ2) is 6.44. The van der Waals surface area contributed by atoms with E-state index in [1.165, 1.54) is 12.3 Å². The molecular formula is C14H12N4O4. The molecule has 0 aliphatic carbocycles. The summed E-state index contributed by atoms with van der Waals surface area (Å²) in [5, 5.41) is 20.1. The van der Waals surface area contributed by atoms with Gasteiger partial charge in [0.15, 0.2) is 11.4 Å². The predicted molar refractivity (Wildman–Crippen MR) is 77.0 cm³/mol. The Morgan fingerprint density at radius 2 is 1.82 bits per heavy atom. The molecule has 22 heavy (non-hydrogen) atoms. The third kappa shape index (κ3) is 3.63. The zero-order valence-electron chi connectivity index (χ0n) is 11.5. The van der Waals surface area contributed by atoms with Gasteiger partial charge in [0.05, 0.1) is 0 Å². The first-order valence-corrected chi connectivity index (χ1v) is 6.17. The molecule has 2 rings (SSSR count). The Labute approximate surface area is 125 Å². The lowest BCUT2D eigenvalue weighted by molar-refractivity contribution is -0.140. The predicted octanol–water partition coefficient (Wildman–Crippen LogP) is 1.31. The lowest BCUT2D eigenvalue weighted by Gasteiger charge is -2.04. The molecule has 8 heteroatoms. The van der Waals surface area contributed by atoms with Crippen LogP contribution in [0.3, 0.4) is 0 Å². The van der Waals surface area contributed by atoms with Crippen molar-refractivity contribution in [1.29, 1.82) is 0 Å². The van der Waals surface area contributed by atoms with Crippen LogP contribution < -0.4 is 5.32 Å². The Bertz CT molecular complexity index is 742. The fourth-order valence-electron chi connectivity index (χ4n) is 1.62. The average molecular weight is 300 g/mol. The Hall–Kier alpha value is -3.29. The minimum atomic E-state index is -1.54. The van der Waals surface area contributed by atoms with Gasteiger partial charge < -0.3 is 15.5 Å². The van der Waals surface area contributed by atoms with Crippen molar-refractivity contribution in [3.05, 3.63) is 48.1 Å². The van der Waals surface area contributed by atoms with E-state index in [1.54, 1.807) is 18.3 Å². The van der Waals surface area contributed by atoms with E-state index in [2.05, 4.69) is 20.3 Å². The van der Waals surface area contributed by atoms with Gasteiger partial charge >= 0.3 is 11.9 Å². The number of hydrogen-bond acceptors (Lipinski definition) is 6. The van der Waals surface area contributed by atoms with Crippen molar-refractivity contribution < 1.29 is 19.8 Å². The molecule has 0 spiro atoms. The lowest BCUT2D eigenvalue weighted by Crippen LogP contribution is -2.13. The number of carbonyl (C=O) groups is 2. The quantitative estimate of drug-likeness (QED) is 0.429. The van der Waals surface area contributed by atoms with Gasteiger partial charge in [-0.05, 0) is 25.1 Å². The Morgan fingerprint density at radius 3 is 2.45 bits per heavy atom. The number of carboxylic acid groups (broad SMARTS) is 2. The first-order valence-electron chi connectivity index (χ1n) is 6.17. The summed E-state index contributed by atoms with van der Waals surface area (Å²) in [7, 11) is 0. The molecule has 0 amide bonds. The molecule has 8 nitrogen and oxygen atoms in total. The van der Waals surface area contributed by atoms with Gasteiger partial charge in [-0.2, -0.15) is 0 Å². The highest BCUT2D eigenvalue weighted by atomic mass is 16.4. The maximum absolute atomic E-state index is 10.8. The fourth-order valence-corrected chi connectivity index (χ4v) is 1.62. The minimum absolute atomic E-state index is 0.277. The summed E-state index contributed by atoms with van der Waals surface area (Å²) in [5.41, 5.74) is 0.759. The number of carboxylic acids is 2. The Kier molecular flexibility index (Phi) is 4.42. The van der Waals surface area contributed by atoms with Crippen LogP contribution in [0.25, 0.3) is 11.4 Å². The third-order valence-electron chi connectivity index (χ3n) is 2.64. The van der Waals surface area contributed by atoms with Crippen LogP contribution in [-0.2, 0) is 9.59 Å². The van der Waals surface area contributed by atoms with Crippen LogP contribution >= 0.6 is 0 Å². The molecule has 0 aliphatic heterocycles. The van der Waals surface area contributed by atoms with Gasteiger partial charge in [0.1, 0.15) is 5.82 Å². The second-order valence-electron chi connectivity index (χ2n) is 4.26. The zero-order valence-corrected chi connectivity index (χ0v) is 11.5. The van der Waals surface area contributed by atoms with E-state index in [9.17, 15) is 9.59 Å². The van der Waals surface area contributed by atoms with Gasteiger partial charge in [-0.25, -0.2) is 19.6 Å². The molecule has 0 aromatic carbocycles. The molecule has 2 aromatic heterocycles. The van der Waals surface area contributed by atoms with Crippen molar-refractivity contribution >= 4 is 17.8 Å². The first-order chi connectivity index (χ1) is 10.5. The summed E-state index contributed by atoms with van der Waals surface area (Å²) >= 11 is 0. The van der Waals surface area contributed by atoms with Crippen LogP contribution in [0.15, 0.2) is 42.4 Å². The van der Waals surface area contributed by atoms with E-state index in [4.69, 9.17) is 10.2 Å². The molecule has 0 fully saturated rings. The summed E-state index contributed by atoms with van der Waals surface area (Å²) < 4.78 is 0. The van der Waals surface area contributed by atoms with Gasteiger partial charge in [-0.15, -0.1) is 0 Å². The third-order valence-corrected chi connectivity index (χ3v) is 2.64. The van der Waals surface area contributed by atoms with Crippen LogP contribution in [0.1, 0.15) is 5.69 Å². The van der Waals surface area contributed by atoms with Crippen LogP contribution in [0.4, 0.5) is 5.82 Å². The molecular weight excluding hydrogens is 288 g/mol. The summed E-state index contributed by atoms with van der Waals surface area (Å²) in [6.07, 6.45) is 3.98. The fraction of sp³-hybridized carbons (Fsp3) is 0.0714. The molecule has 112 valence electrons. The molecule has 0 atom stereocenters. The van der Waals surface area contributed by atoms with Crippen LogP contribution in [0.5, 0.6) is 0 Å². The number of hydrogen-bond donors (Lipinski definition) is 3. The number of aromatic nitrogens is 3. The molecule has 0 aliphatic rings. The van der Waals surface area contributed by atoms with E-state index >= 15 is 0 Å². The topological polar surface area (TPSA) is 125 Å². The number of nitrogens with one attached hydrogen (secondary N) is 1. The first kappa shape index (κ1) is 15.1. The zero-order chi connectivity index (χ0) is 16.1. The van der Waals surface area contributed by atoms with Gasteiger partial charge in [-0.3, -0.25) is 4.98 Å². The molecule has 2 heterocycles. The number of aryl methyl sites for hydroxylation is 1. The average Bonchev–Trinajstić information content (AvgIpc) is 2.47. The molecule has 0 saturated carbocycles. The Balaban J connectivity index is 2.27. The van der Waals surface area contributed by atoms with Crippen LogP contribution in [-0.4, -0.2) is 37.1 Å². The van der Waals surface area contributed by atoms with E-state index in [0.29, 0.717) is 5.82 Å². The van der Waals surface area contributed by atoms with Gasteiger partial charge in [0, 0.05) is 29.9 Å². The lowest BCUT2D eigenvalue weighted by atomic mass is 10.2. The van der Waals surface area contributed by atoms with Crippen molar-refractivity contribution in [2.75, 3.05) is 5.32 Å². The summed E-state index contributed by atoms with van der Waals surface area (Å²) in [6, 6.07) is 5.03. The molecule has 0 saturated heterocycles. The molecule has 3 N–H and O–H groups in total. The maximum atomic E-state index is 10.8. The molecule has 0 bridgehead atoms. The van der Waals surface area contributed by atoms with Crippen molar-refractivity contribution in [3.63, 3.8) is 0 Å². The monoisotopic (exact) mass is 300 g/mol. The summed E-state index contributed by atoms with van der Waals surface area (Å²) in [5.74, 6) is -2.39. The van der Waals surface area contributed by atoms with E-state index in [1.807, 2.05) is 6.92 Å². The van der Waals surface area contributed by atoms with E-state index in [0.717, 1.165) is 17.5 Å². The second-order valence-corrected chi connectivity index (χ2v) is 4.26. The molecule has 2 aromatic rings. The van der Waals surface area contributed by atoms with Gasteiger partial charge in [-0.1, -0.05) is 0 Å². The molecule has 0 radical (unpaired) electrons. The van der Waals surface area contributed by atoms with E-state index < -0.39 is 17.5 Å². The largest absolute Gasteiger partial charge is 0.477 e. The number of aliphatic carboxylic acids is 2. The number of pyridine rings is 1. The van der Waals surface area contributed by atoms with Crippen LogP contribution in [0, 0.1) is 6.92 Å². The van der Waals surface area contributed by atoms with Crippen molar-refractivity contribution in [1.82, 2.24) is 15.0 Å². The highest BCUT2D eigenvalue weighted by molar-refractivity contribution is 6.12.